The van der Waals surface area contributed by atoms with E-state index >= 15 is 0 Å². The van der Waals surface area contributed by atoms with Gasteiger partial charge < -0.3 is 24.3 Å². The molecule has 0 bridgehead atoms. The van der Waals surface area contributed by atoms with Gasteiger partial charge in [0.05, 0.1) is 37.4 Å². The predicted octanol–water partition coefficient (Wildman–Crippen LogP) is 4.64. The van der Waals surface area contributed by atoms with Crippen LogP contribution in [0.15, 0.2) is 71.1 Å². The van der Waals surface area contributed by atoms with Gasteiger partial charge in [-0.3, -0.25) is 0 Å². The van der Waals surface area contributed by atoms with Gasteiger partial charge in [0, 0.05) is 11.4 Å². The van der Waals surface area contributed by atoms with Gasteiger partial charge in [-0.15, -0.1) is 0 Å². The average Bonchev–Trinajstić information content (AvgIpc) is 2.83. The normalized spacial score (nSPS) is 13.9. The highest BCUT2D eigenvalue weighted by molar-refractivity contribution is 6.00. The van der Waals surface area contributed by atoms with Gasteiger partial charge in [-0.1, -0.05) is 36.4 Å². The fraction of sp³-hybridized carbons (Fsp3) is 0.333. The number of methoxy groups -OCH3 is 1. The highest BCUT2D eigenvalue weighted by Crippen LogP contribution is 2.42. The summed E-state index contributed by atoms with van der Waals surface area (Å²) in [5.74, 6) is -0.623. The monoisotopic (exact) mass is 465 g/mol. The average molecular weight is 466 g/mol. The summed E-state index contributed by atoms with van der Waals surface area (Å²) in [6, 6.07) is 15.2. The third-order valence-corrected chi connectivity index (χ3v) is 5.51. The molecule has 0 aliphatic carbocycles. The number of hydrogen-bond acceptors (Lipinski definition) is 7. The van der Waals surface area contributed by atoms with Crippen molar-refractivity contribution in [2.24, 2.45) is 0 Å². The molecule has 0 spiro atoms. The minimum absolute atomic E-state index is 0.216. The summed E-state index contributed by atoms with van der Waals surface area (Å²) in [6.45, 7) is 7.85. The zero-order valence-electron chi connectivity index (χ0n) is 20.3. The van der Waals surface area contributed by atoms with Crippen molar-refractivity contribution in [3.8, 4) is 11.5 Å². The van der Waals surface area contributed by atoms with E-state index in [1.165, 1.54) is 0 Å². The molecule has 0 saturated heterocycles. The van der Waals surface area contributed by atoms with Crippen LogP contribution in [-0.4, -0.2) is 32.3 Å². The van der Waals surface area contributed by atoms with E-state index in [0.717, 1.165) is 5.56 Å². The van der Waals surface area contributed by atoms with Crippen LogP contribution in [0.4, 0.5) is 0 Å². The first-order valence-electron chi connectivity index (χ1n) is 11.3. The van der Waals surface area contributed by atoms with Crippen LogP contribution in [0, 0.1) is 0 Å². The first-order valence-corrected chi connectivity index (χ1v) is 11.3. The van der Waals surface area contributed by atoms with E-state index in [0.29, 0.717) is 46.2 Å². The van der Waals surface area contributed by atoms with Crippen LogP contribution in [0.3, 0.4) is 0 Å². The van der Waals surface area contributed by atoms with E-state index in [1.54, 1.807) is 46.9 Å². The largest absolute Gasteiger partial charge is 0.493 e. The molecule has 2 aromatic rings. The second-order valence-corrected chi connectivity index (χ2v) is 7.76. The summed E-state index contributed by atoms with van der Waals surface area (Å²) < 4.78 is 22.3. The zero-order chi connectivity index (χ0) is 24.7. The maximum absolute atomic E-state index is 13.0. The van der Waals surface area contributed by atoms with Crippen molar-refractivity contribution >= 4 is 11.9 Å². The third-order valence-electron chi connectivity index (χ3n) is 5.51. The van der Waals surface area contributed by atoms with E-state index in [-0.39, 0.29) is 13.2 Å². The Hall–Kier alpha value is -3.74. The first-order chi connectivity index (χ1) is 16.4. The van der Waals surface area contributed by atoms with Crippen LogP contribution in [0.1, 0.15) is 44.7 Å². The van der Waals surface area contributed by atoms with Gasteiger partial charge in [-0.25, -0.2) is 9.59 Å². The number of hydrogen-bond donors (Lipinski definition) is 1. The lowest BCUT2D eigenvalue weighted by Crippen LogP contribution is -2.32. The molecule has 1 N–H and O–H groups in total. The molecule has 0 unspecified atom stereocenters. The summed E-state index contributed by atoms with van der Waals surface area (Å²) >= 11 is 0. The Morgan fingerprint density at radius 1 is 0.853 bits per heavy atom. The Balaban J connectivity index is 2.09. The van der Waals surface area contributed by atoms with Crippen molar-refractivity contribution in [2.45, 2.75) is 40.2 Å². The number of carbonyl (C=O) groups is 2. The number of ether oxygens (including phenoxy) is 4. The molecule has 0 saturated carbocycles. The number of nitrogens with one attached hydrogen (secondary N) is 1. The summed E-state index contributed by atoms with van der Waals surface area (Å²) in [4.78, 5) is 26.0. The summed E-state index contributed by atoms with van der Waals surface area (Å²) in [5.41, 5.74) is 3.65. The second kappa shape index (κ2) is 11.4. The van der Waals surface area contributed by atoms with Gasteiger partial charge in [-0.2, -0.15) is 0 Å². The second-order valence-electron chi connectivity index (χ2n) is 7.76. The third kappa shape index (κ3) is 5.42. The predicted molar refractivity (Wildman–Crippen MR) is 128 cm³/mol. The molecule has 34 heavy (non-hydrogen) atoms. The Bertz CT molecular complexity index is 1060. The molecule has 2 aromatic carbocycles. The van der Waals surface area contributed by atoms with Gasteiger partial charge in [0.15, 0.2) is 11.5 Å². The Labute approximate surface area is 200 Å². The molecule has 0 amide bonds. The van der Waals surface area contributed by atoms with Gasteiger partial charge in [0.2, 0.25) is 0 Å². The smallest absolute Gasteiger partial charge is 0.336 e. The lowest BCUT2D eigenvalue weighted by atomic mass is 9.80. The Morgan fingerprint density at radius 3 is 1.97 bits per heavy atom. The van der Waals surface area contributed by atoms with Gasteiger partial charge in [-0.05, 0) is 51.0 Å². The van der Waals surface area contributed by atoms with Crippen LogP contribution in [0.25, 0.3) is 0 Å². The lowest BCUT2D eigenvalue weighted by Gasteiger charge is -2.30. The molecule has 0 fully saturated rings. The van der Waals surface area contributed by atoms with E-state index in [1.807, 2.05) is 36.4 Å². The Morgan fingerprint density at radius 2 is 1.44 bits per heavy atom. The number of rotatable bonds is 9. The van der Waals surface area contributed by atoms with Crippen LogP contribution >= 0.6 is 0 Å². The molecule has 7 heteroatoms. The maximum Gasteiger partial charge on any atom is 0.336 e. The van der Waals surface area contributed by atoms with Gasteiger partial charge in [0.1, 0.15) is 6.61 Å². The van der Waals surface area contributed by atoms with Gasteiger partial charge in [0.25, 0.3) is 0 Å². The molecule has 1 heterocycles. The molecule has 0 aromatic heterocycles. The highest BCUT2D eigenvalue weighted by atomic mass is 16.5. The van der Waals surface area contributed by atoms with Crippen molar-refractivity contribution in [3.63, 3.8) is 0 Å². The Kier molecular flexibility index (Phi) is 8.35. The molecule has 180 valence electrons. The minimum atomic E-state index is -0.690. The molecule has 3 rings (SSSR count). The lowest BCUT2D eigenvalue weighted by molar-refractivity contribution is -0.139. The maximum atomic E-state index is 13.0. The number of carbonyl (C=O) groups excluding carboxylic acids is 2. The molecule has 0 atom stereocenters. The van der Waals surface area contributed by atoms with E-state index in [2.05, 4.69) is 5.32 Å². The SMILES string of the molecule is CCOC(=O)C1=C(C)NC(C)=C(C(=O)OCC)C1c1ccc(OC)c(OCc2ccccc2)c1. The van der Waals surface area contributed by atoms with Crippen molar-refractivity contribution < 1.29 is 28.5 Å². The van der Waals surface area contributed by atoms with Crippen LogP contribution < -0.4 is 14.8 Å². The van der Waals surface area contributed by atoms with E-state index in [4.69, 9.17) is 18.9 Å². The topological polar surface area (TPSA) is 83.1 Å². The molecule has 1 aliphatic rings. The van der Waals surface area contributed by atoms with Crippen molar-refractivity contribution in [1.82, 2.24) is 5.32 Å². The molecular weight excluding hydrogens is 434 g/mol. The van der Waals surface area contributed by atoms with Crippen molar-refractivity contribution in [2.75, 3.05) is 20.3 Å². The number of esters is 2. The first kappa shape index (κ1) is 24.9. The molecule has 0 radical (unpaired) electrons. The van der Waals surface area contributed by atoms with Crippen LogP contribution in [-0.2, 0) is 25.7 Å². The molecule has 7 nitrogen and oxygen atoms in total. The number of dihydropyridines is 1. The number of allylic oxidation sites excluding steroid dienone is 2. The van der Waals surface area contributed by atoms with Crippen LogP contribution in [0.2, 0.25) is 0 Å². The van der Waals surface area contributed by atoms with Crippen molar-refractivity contribution in [1.29, 1.82) is 0 Å². The van der Waals surface area contributed by atoms with E-state index < -0.39 is 17.9 Å². The summed E-state index contributed by atoms with van der Waals surface area (Å²) in [7, 11) is 1.57. The molecular formula is C27H31NO6. The van der Waals surface area contributed by atoms with Crippen molar-refractivity contribution in [3.05, 3.63) is 82.2 Å². The van der Waals surface area contributed by atoms with Gasteiger partial charge >= 0.3 is 11.9 Å². The quantitative estimate of drug-likeness (QED) is 0.541. The van der Waals surface area contributed by atoms with E-state index in [9.17, 15) is 9.59 Å². The molecule has 1 aliphatic heterocycles. The standard InChI is InChI=1S/C27H31NO6/c1-6-32-26(29)23-17(3)28-18(4)24(27(30)33-7-2)25(23)20-13-14-21(31-5)22(15-20)34-16-19-11-9-8-10-12-19/h8-15,25,28H,6-7,16H2,1-5H3. The fourth-order valence-electron chi connectivity index (χ4n) is 4.01. The summed E-state index contributed by atoms with van der Waals surface area (Å²) in [5, 5.41) is 3.14. The summed E-state index contributed by atoms with van der Waals surface area (Å²) in [6.07, 6.45) is 0. The minimum Gasteiger partial charge on any atom is -0.493 e. The van der Waals surface area contributed by atoms with Crippen LogP contribution in [0.5, 0.6) is 11.5 Å². The fourth-order valence-corrected chi connectivity index (χ4v) is 4.01. The number of benzene rings is 2. The highest BCUT2D eigenvalue weighted by Gasteiger charge is 2.38. The zero-order valence-corrected chi connectivity index (χ0v) is 20.3.